The molecule has 2 saturated heterocycles. The summed E-state index contributed by atoms with van der Waals surface area (Å²) in [7, 11) is 0. The van der Waals surface area contributed by atoms with E-state index in [0.717, 1.165) is 5.56 Å². The number of carbonyl (C=O) groups excluding carboxylic acids is 2. The van der Waals surface area contributed by atoms with Gasteiger partial charge in [0, 0.05) is 43.2 Å². The molecule has 170 valence electrons. The summed E-state index contributed by atoms with van der Waals surface area (Å²) in [5, 5.41) is 0. The monoisotopic (exact) mass is 445 g/mol. The molecular formula is C26H27N3O4. The van der Waals surface area contributed by atoms with E-state index in [-0.39, 0.29) is 17.7 Å². The summed E-state index contributed by atoms with van der Waals surface area (Å²) in [5.74, 6) is 1.20. The van der Waals surface area contributed by atoms with Crippen molar-refractivity contribution in [2.45, 2.75) is 12.8 Å². The lowest BCUT2D eigenvalue weighted by atomic mass is 9.94. The summed E-state index contributed by atoms with van der Waals surface area (Å²) in [5.41, 5.74) is 2.18. The van der Waals surface area contributed by atoms with Crippen molar-refractivity contribution < 1.29 is 18.7 Å². The van der Waals surface area contributed by atoms with Crippen LogP contribution in [0.2, 0.25) is 0 Å². The zero-order valence-corrected chi connectivity index (χ0v) is 18.5. The minimum absolute atomic E-state index is 0.0254. The Balaban J connectivity index is 1.29. The summed E-state index contributed by atoms with van der Waals surface area (Å²) in [6.45, 7) is 3.65. The molecule has 2 amide bonds. The van der Waals surface area contributed by atoms with Crippen LogP contribution in [0.4, 0.5) is 0 Å². The molecule has 0 radical (unpaired) electrons. The molecule has 3 aromatic rings. The van der Waals surface area contributed by atoms with Crippen LogP contribution in [0.25, 0.3) is 22.8 Å². The average molecular weight is 446 g/mol. The summed E-state index contributed by atoms with van der Waals surface area (Å²) < 4.78 is 11.4. The summed E-state index contributed by atoms with van der Waals surface area (Å²) in [6.07, 6.45) is 3.05. The van der Waals surface area contributed by atoms with Crippen LogP contribution in [0, 0.1) is 5.92 Å². The predicted molar refractivity (Wildman–Crippen MR) is 123 cm³/mol. The van der Waals surface area contributed by atoms with Crippen LogP contribution >= 0.6 is 0 Å². The number of hydrogen-bond acceptors (Lipinski definition) is 5. The van der Waals surface area contributed by atoms with Crippen LogP contribution in [0.3, 0.4) is 0 Å². The van der Waals surface area contributed by atoms with Crippen LogP contribution in [-0.4, -0.2) is 66.0 Å². The normalized spacial score (nSPS) is 17.2. The third-order valence-electron chi connectivity index (χ3n) is 6.41. The maximum Gasteiger partial charge on any atom is 0.254 e. The molecule has 0 N–H and O–H groups in total. The van der Waals surface area contributed by atoms with Gasteiger partial charge < -0.3 is 19.0 Å². The van der Waals surface area contributed by atoms with Gasteiger partial charge in [-0.2, -0.15) is 0 Å². The second kappa shape index (κ2) is 9.58. The van der Waals surface area contributed by atoms with E-state index >= 15 is 0 Å². The van der Waals surface area contributed by atoms with Gasteiger partial charge in [0.2, 0.25) is 11.8 Å². The number of carbonyl (C=O) groups is 2. The number of likely N-dealkylation sites (tertiary alicyclic amines) is 1. The number of piperidine rings is 1. The third kappa shape index (κ3) is 4.54. The molecular weight excluding hydrogens is 418 g/mol. The number of amides is 2. The lowest BCUT2D eigenvalue weighted by molar-refractivity contribution is -0.141. The van der Waals surface area contributed by atoms with Gasteiger partial charge in [-0.3, -0.25) is 9.59 Å². The molecule has 0 spiro atoms. The first-order valence-corrected chi connectivity index (χ1v) is 11.5. The zero-order valence-electron chi connectivity index (χ0n) is 18.5. The van der Waals surface area contributed by atoms with Crippen molar-refractivity contribution in [1.82, 2.24) is 14.8 Å². The number of morpholine rings is 1. The Hall–Kier alpha value is -3.45. The van der Waals surface area contributed by atoms with Crippen molar-refractivity contribution >= 4 is 11.8 Å². The van der Waals surface area contributed by atoms with E-state index in [9.17, 15) is 9.59 Å². The fourth-order valence-electron chi connectivity index (χ4n) is 4.53. The Morgan fingerprint density at radius 3 is 2.30 bits per heavy atom. The van der Waals surface area contributed by atoms with Gasteiger partial charge in [-0.05, 0) is 25.0 Å². The fourth-order valence-corrected chi connectivity index (χ4v) is 4.53. The maximum atomic E-state index is 13.4. The number of rotatable bonds is 4. The molecule has 5 rings (SSSR count). The molecule has 0 saturated carbocycles. The number of oxazole rings is 1. The minimum atomic E-state index is -0.0534. The van der Waals surface area contributed by atoms with Gasteiger partial charge in [0.1, 0.15) is 0 Å². The van der Waals surface area contributed by atoms with Crippen LogP contribution in [0.1, 0.15) is 23.2 Å². The van der Waals surface area contributed by atoms with E-state index in [0.29, 0.717) is 75.0 Å². The summed E-state index contributed by atoms with van der Waals surface area (Å²) >= 11 is 0. The van der Waals surface area contributed by atoms with Gasteiger partial charge in [-0.25, -0.2) is 4.98 Å². The standard InChI is InChI=1S/C26H27N3O4/c30-25(29-14-16-32-17-15-29)20-10-12-28(13-11-20)26(31)22-9-5-4-8-21(22)24-27-18-23(33-24)19-6-2-1-3-7-19/h1-9,18,20H,10-17H2. The molecule has 2 aliphatic heterocycles. The zero-order chi connectivity index (χ0) is 22.6. The smallest absolute Gasteiger partial charge is 0.254 e. The summed E-state index contributed by atoms with van der Waals surface area (Å²) in [4.78, 5) is 34.4. The van der Waals surface area contributed by atoms with Gasteiger partial charge in [0.25, 0.3) is 5.91 Å². The van der Waals surface area contributed by atoms with Crippen molar-refractivity contribution in [2.24, 2.45) is 5.92 Å². The SMILES string of the molecule is O=C(c1ccccc1-c1ncc(-c2ccccc2)o1)N1CCC(C(=O)N2CCOCC2)CC1. The van der Waals surface area contributed by atoms with Gasteiger partial charge >= 0.3 is 0 Å². The first-order valence-electron chi connectivity index (χ1n) is 11.5. The van der Waals surface area contributed by atoms with E-state index in [1.165, 1.54) is 0 Å². The van der Waals surface area contributed by atoms with Crippen molar-refractivity contribution in [1.29, 1.82) is 0 Å². The van der Waals surface area contributed by atoms with Crippen LogP contribution in [-0.2, 0) is 9.53 Å². The molecule has 2 aromatic carbocycles. The average Bonchev–Trinajstić information content (AvgIpc) is 3.39. The summed E-state index contributed by atoms with van der Waals surface area (Å²) in [6, 6.07) is 17.2. The highest BCUT2D eigenvalue weighted by molar-refractivity contribution is 6.00. The molecule has 0 bridgehead atoms. The van der Waals surface area contributed by atoms with E-state index in [2.05, 4.69) is 4.98 Å². The quantitative estimate of drug-likeness (QED) is 0.612. The molecule has 33 heavy (non-hydrogen) atoms. The Morgan fingerprint density at radius 2 is 1.55 bits per heavy atom. The lowest BCUT2D eigenvalue weighted by Crippen LogP contribution is -2.47. The second-order valence-corrected chi connectivity index (χ2v) is 8.45. The van der Waals surface area contributed by atoms with Crippen molar-refractivity contribution in [3.63, 3.8) is 0 Å². The predicted octanol–water partition coefficient (Wildman–Crippen LogP) is 3.72. The number of nitrogens with zero attached hydrogens (tertiary/aromatic N) is 3. The Bertz CT molecular complexity index is 1110. The van der Waals surface area contributed by atoms with Gasteiger partial charge in [-0.1, -0.05) is 42.5 Å². The van der Waals surface area contributed by atoms with Crippen molar-refractivity contribution in [3.8, 4) is 22.8 Å². The van der Waals surface area contributed by atoms with Crippen LogP contribution < -0.4 is 0 Å². The third-order valence-corrected chi connectivity index (χ3v) is 6.41. The van der Waals surface area contributed by atoms with Crippen molar-refractivity contribution in [3.05, 3.63) is 66.4 Å². The maximum absolute atomic E-state index is 13.4. The molecule has 7 nitrogen and oxygen atoms in total. The highest BCUT2D eigenvalue weighted by Gasteiger charge is 2.32. The molecule has 2 aliphatic rings. The molecule has 2 fully saturated rings. The molecule has 0 aliphatic carbocycles. The van der Waals surface area contributed by atoms with Crippen molar-refractivity contribution in [2.75, 3.05) is 39.4 Å². The van der Waals surface area contributed by atoms with E-state index in [1.807, 2.05) is 64.4 Å². The van der Waals surface area contributed by atoms with Gasteiger partial charge in [0.05, 0.1) is 25.0 Å². The Labute approximate surface area is 193 Å². The second-order valence-electron chi connectivity index (χ2n) is 8.45. The van der Waals surface area contributed by atoms with Crippen LogP contribution in [0.5, 0.6) is 0 Å². The largest absolute Gasteiger partial charge is 0.436 e. The highest BCUT2D eigenvalue weighted by Crippen LogP contribution is 2.30. The molecule has 1 aromatic heterocycles. The topological polar surface area (TPSA) is 75.9 Å². The van der Waals surface area contributed by atoms with Crippen LogP contribution in [0.15, 0.2) is 65.2 Å². The molecule has 7 heteroatoms. The van der Waals surface area contributed by atoms with E-state index < -0.39 is 0 Å². The van der Waals surface area contributed by atoms with Gasteiger partial charge in [0.15, 0.2) is 5.76 Å². The molecule has 3 heterocycles. The molecule has 0 atom stereocenters. The number of ether oxygens (including phenoxy) is 1. The minimum Gasteiger partial charge on any atom is -0.436 e. The highest BCUT2D eigenvalue weighted by atomic mass is 16.5. The number of hydrogen-bond donors (Lipinski definition) is 0. The van der Waals surface area contributed by atoms with E-state index in [1.54, 1.807) is 6.20 Å². The van der Waals surface area contributed by atoms with Gasteiger partial charge in [-0.15, -0.1) is 0 Å². The lowest BCUT2D eigenvalue weighted by Gasteiger charge is -2.35. The van der Waals surface area contributed by atoms with E-state index in [4.69, 9.17) is 9.15 Å². The molecule has 0 unspecified atom stereocenters. The Morgan fingerprint density at radius 1 is 0.848 bits per heavy atom. The first-order chi connectivity index (χ1) is 16.2. The number of benzene rings is 2. The fraction of sp³-hybridized carbons (Fsp3) is 0.346. The number of aromatic nitrogens is 1. The Kier molecular flexibility index (Phi) is 6.21. The first kappa shape index (κ1) is 21.4.